The Labute approximate surface area is 166 Å². The molecule has 132 valence electrons. The number of nitrogens with one attached hydrogen (secondary N) is 1. The van der Waals surface area contributed by atoms with Crippen molar-refractivity contribution >= 4 is 55.9 Å². The molecule has 0 radical (unpaired) electrons. The van der Waals surface area contributed by atoms with Gasteiger partial charge >= 0.3 is 0 Å². The quantitative estimate of drug-likeness (QED) is 0.585. The van der Waals surface area contributed by atoms with Crippen molar-refractivity contribution in [2.24, 2.45) is 0 Å². The van der Waals surface area contributed by atoms with E-state index < -0.39 is 5.82 Å². The Morgan fingerprint density at radius 1 is 1.19 bits per heavy atom. The van der Waals surface area contributed by atoms with Gasteiger partial charge in [0.25, 0.3) is 5.91 Å². The second-order valence-electron chi connectivity index (χ2n) is 5.24. The van der Waals surface area contributed by atoms with Crippen LogP contribution in [0.3, 0.4) is 0 Å². The van der Waals surface area contributed by atoms with Crippen LogP contribution in [0.4, 0.5) is 4.39 Å². The second kappa shape index (κ2) is 8.53. The summed E-state index contributed by atoms with van der Waals surface area (Å²) in [5.41, 5.74) is 1.29. The Morgan fingerprint density at radius 2 is 1.92 bits per heavy atom. The van der Waals surface area contributed by atoms with Crippen LogP contribution >= 0.6 is 38.9 Å². The Balaban J connectivity index is 1.71. The Hall–Kier alpha value is -2.09. The van der Waals surface area contributed by atoms with Crippen LogP contribution in [0.2, 0.25) is 0 Å². The third-order valence-corrected chi connectivity index (χ3v) is 5.21. The summed E-state index contributed by atoms with van der Waals surface area (Å²) in [5, 5.41) is 11.3. The first-order valence-corrected chi connectivity index (χ1v) is 9.50. The molecule has 0 aliphatic rings. The summed E-state index contributed by atoms with van der Waals surface area (Å²) in [6.07, 6.45) is 1.45. The maximum absolute atomic E-state index is 13.8. The molecule has 1 N–H and O–H groups in total. The average Bonchev–Trinajstić information content (AvgIpc) is 3.14. The third kappa shape index (κ3) is 4.75. The molecule has 0 fully saturated rings. The number of nitrogens with zero attached hydrogens (tertiary/aromatic N) is 2. The minimum absolute atomic E-state index is 0.192. The van der Waals surface area contributed by atoms with Gasteiger partial charge in [-0.2, -0.15) is 0 Å². The zero-order valence-corrected chi connectivity index (χ0v) is 16.4. The molecular weight excluding hydrogens is 441 g/mol. The van der Waals surface area contributed by atoms with Crippen LogP contribution in [0.5, 0.6) is 0 Å². The van der Waals surface area contributed by atoms with Gasteiger partial charge in [-0.15, -0.1) is 10.2 Å². The minimum atomic E-state index is -0.406. The summed E-state index contributed by atoms with van der Waals surface area (Å²) in [6, 6.07) is 14.1. The van der Waals surface area contributed by atoms with Crippen molar-refractivity contribution in [1.82, 2.24) is 15.5 Å². The molecule has 0 aliphatic heterocycles. The molecule has 8 heteroatoms. The van der Waals surface area contributed by atoms with Gasteiger partial charge in [0, 0.05) is 16.6 Å². The molecule has 0 saturated carbocycles. The van der Waals surface area contributed by atoms with Gasteiger partial charge in [0.05, 0.1) is 5.03 Å². The molecule has 0 atom stereocenters. The van der Waals surface area contributed by atoms with Crippen LogP contribution in [-0.4, -0.2) is 16.1 Å². The van der Waals surface area contributed by atoms with Crippen LogP contribution in [-0.2, 0) is 6.54 Å². The monoisotopic (exact) mass is 451 g/mol. The Kier molecular flexibility index (Phi) is 6.13. The average molecular weight is 453 g/mol. The Morgan fingerprint density at radius 3 is 2.69 bits per heavy atom. The van der Waals surface area contributed by atoms with Gasteiger partial charge in [0.15, 0.2) is 5.01 Å². The molecule has 0 spiro atoms. The highest BCUT2D eigenvalue weighted by Crippen LogP contribution is 2.27. The summed E-state index contributed by atoms with van der Waals surface area (Å²) in [5.74, 6) is -0.743. The SMILES string of the molecule is O=C(NCc1ccccc1)c1nnc(/C(Cl)=C/c2cc(Br)ccc2F)s1. The van der Waals surface area contributed by atoms with Gasteiger partial charge in [-0.25, -0.2) is 4.39 Å². The fraction of sp³-hybridized carbons (Fsp3) is 0.0556. The lowest BCUT2D eigenvalue weighted by Gasteiger charge is -2.02. The number of hydrogen-bond donors (Lipinski definition) is 1. The standard InChI is InChI=1S/C18H12BrClFN3OS/c19-13-6-7-15(21)12(8-13)9-14(20)17-23-24-18(26-17)16(25)22-10-11-4-2-1-3-5-11/h1-9H,10H2,(H,22,25)/b14-9-. The van der Waals surface area contributed by atoms with Crippen LogP contribution < -0.4 is 5.32 Å². The van der Waals surface area contributed by atoms with Gasteiger partial charge in [0.1, 0.15) is 5.82 Å². The number of carbonyl (C=O) groups is 1. The number of benzene rings is 2. The molecule has 1 heterocycles. The van der Waals surface area contributed by atoms with Crippen LogP contribution in [0.15, 0.2) is 53.0 Å². The maximum atomic E-state index is 13.8. The number of hydrogen-bond acceptors (Lipinski definition) is 4. The van der Waals surface area contributed by atoms with E-state index >= 15 is 0 Å². The first-order valence-electron chi connectivity index (χ1n) is 7.51. The molecule has 0 saturated heterocycles. The van der Waals surface area contributed by atoms with E-state index in [1.807, 2.05) is 30.3 Å². The third-order valence-electron chi connectivity index (χ3n) is 3.36. The van der Waals surface area contributed by atoms with Crippen LogP contribution in [0, 0.1) is 5.82 Å². The zero-order valence-electron chi connectivity index (χ0n) is 13.2. The summed E-state index contributed by atoms with van der Waals surface area (Å²) in [4.78, 5) is 12.2. The predicted molar refractivity (Wildman–Crippen MR) is 105 cm³/mol. The molecule has 0 aliphatic carbocycles. The molecular formula is C18H12BrClFN3OS. The van der Waals surface area contributed by atoms with Crippen molar-refractivity contribution in [1.29, 1.82) is 0 Å². The molecule has 0 unspecified atom stereocenters. The second-order valence-corrected chi connectivity index (χ2v) is 7.54. The molecule has 3 aromatic rings. The highest BCUT2D eigenvalue weighted by atomic mass is 79.9. The van der Waals surface area contributed by atoms with Crippen LogP contribution in [0.1, 0.15) is 25.9 Å². The lowest BCUT2D eigenvalue weighted by atomic mass is 10.2. The van der Waals surface area contributed by atoms with E-state index in [0.29, 0.717) is 17.1 Å². The largest absolute Gasteiger partial charge is 0.346 e. The normalized spacial score (nSPS) is 11.4. The molecule has 3 rings (SSSR count). The highest BCUT2D eigenvalue weighted by Gasteiger charge is 2.15. The first-order chi connectivity index (χ1) is 12.5. The number of rotatable bonds is 5. The van der Waals surface area contributed by atoms with Crippen molar-refractivity contribution in [3.8, 4) is 0 Å². The summed E-state index contributed by atoms with van der Waals surface area (Å²) in [6.45, 7) is 0.390. The molecule has 26 heavy (non-hydrogen) atoms. The molecule has 1 aromatic heterocycles. The number of aromatic nitrogens is 2. The van der Waals surface area contributed by atoms with Crippen molar-refractivity contribution in [3.05, 3.63) is 80.0 Å². The van der Waals surface area contributed by atoms with Gasteiger partial charge in [-0.1, -0.05) is 69.2 Å². The van der Waals surface area contributed by atoms with E-state index in [4.69, 9.17) is 11.6 Å². The van der Waals surface area contributed by atoms with E-state index in [1.54, 1.807) is 12.1 Å². The van der Waals surface area contributed by atoms with Gasteiger partial charge < -0.3 is 5.32 Å². The van der Waals surface area contributed by atoms with Gasteiger partial charge in [0.2, 0.25) is 5.01 Å². The number of carbonyl (C=O) groups excluding carboxylic acids is 1. The minimum Gasteiger partial charge on any atom is -0.346 e. The maximum Gasteiger partial charge on any atom is 0.282 e. The fourth-order valence-corrected chi connectivity index (χ4v) is 3.41. The van der Waals surface area contributed by atoms with Crippen molar-refractivity contribution in [2.45, 2.75) is 6.54 Å². The fourth-order valence-electron chi connectivity index (χ4n) is 2.09. The topological polar surface area (TPSA) is 54.9 Å². The highest BCUT2D eigenvalue weighted by molar-refractivity contribution is 9.10. The summed E-state index contributed by atoms with van der Waals surface area (Å²) in [7, 11) is 0. The van der Waals surface area contributed by atoms with Gasteiger partial charge in [-0.05, 0) is 29.8 Å². The zero-order chi connectivity index (χ0) is 18.5. The van der Waals surface area contributed by atoms with Crippen LogP contribution in [0.25, 0.3) is 11.1 Å². The van der Waals surface area contributed by atoms with E-state index in [2.05, 4.69) is 31.4 Å². The van der Waals surface area contributed by atoms with Crippen molar-refractivity contribution in [3.63, 3.8) is 0 Å². The van der Waals surface area contributed by atoms with E-state index in [0.717, 1.165) is 21.4 Å². The number of halogens is 3. The summed E-state index contributed by atoms with van der Waals surface area (Å²) >= 11 is 10.5. The van der Waals surface area contributed by atoms with E-state index in [1.165, 1.54) is 12.1 Å². The lowest BCUT2D eigenvalue weighted by molar-refractivity contribution is 0.0950. The summed E-state index contributed by atoms with van der Waals surface area (Å²) < 4.78 is 14.5. The molecule has 2 aromatic carbocycles. The predicted octanol–water partition coefficient (Wildman–Crippen LogP) is 5.11. The molecule has 0 bridgehead atoms. The van der Waals surface area contributed by atoms with E-state index in [9.17, 15) is 9.18 Å². The van der Waals surface area contributed by atoms with Gasteiger partial charge in [-0.3, -0.25) is 4.79 Å². The van der Waals surface area contributed by atoms with E-state index in [-0.39, 0.29) is 15.9 Å². The number of amides is 1. The molecule has 1 amide bonds. The van der Waals surface area contributed by atoms with Crippen molar-refractivity contribution < 1.29 is 9.18 Å². The smallest absolute Gasteiger partial charge is 0.282 e. The molecule has 4 nitrogen and oxygen atoms in total. The van der Waals surface area contributed by atoms with Crippen molar-refractivity contribution in [2.75, 3.05) is 0 Å². The Bertz CT molecular complexity index is 962. The first kappa shape index (κ1) is 18.7. The lowest BCUT2D eigenvalue weighted by Crippen LogP contribution is -2.22.